The number of amides is 2. The first-order valence-corrected chi connectivity index (χ1v) is 11.8. The van der Waals surface area contributed by atoms with Crippen LogP contribution in [0.25, 0.3) is 0 Å². The maximum atomic E-state index is 13.0. The Bertz CT molecular complexity index is 991. The Labute approximate surface area is 204 Å². The third kappa shape index (κ3) is 5.08. The van der Waals surface area contributed by atoms with E-state index in [0.717, 1.165) is 11.3 Å². The number of benzene rings is 1. The zero-order valence-corrected chi connectivity index (χ0v) is 20.3. The molecule has 0 bridgehead atoms. The van der Waals surface area contributed by atoms with Crippen LogP contribution in [-0.2, 0) is 16.1 Å². The Morgan fingerprint density at radius 2 is 1.97 bits per heavy atom. The Balaban J connectivity index is 1.63. The van der Waals surface area contributed by atoms with E-state index in [9.17, 15) is 20.0 Å². The van der Waals surface area contributed by atoms with Crippen molar-refractivity contribution in [1.29, 1.82) is 5.26 Å². The fraction of sp³-hybridized carbons (Fsp3) is 0.500. The number of rotatable bonds is 7. The molecule has 3 N–H and O–H groups in total. The van der Waals surface area contributed by atoms with Gasteiger partial charge in [0.25, 0.3) is 12.6 Å². The fourth-order valence-corrected chi connectivity index (χ4v) is 4.84. The van der Waals surface area contributed by atoms with Crippen molar-refractivity contribution < 1.29 is 14.7 Å². The van der Waals surface area contributed by atoms with E-state index in [1.54, 1.807) is 6.07 Å². The molecule has 2 aliphatic heterocycles. The standard InChI is InChI=1S/C22H28BCl2N5O3/c1-3-15(23(4-2)13-26)20(31)29-9-7-28(8-10-29)17-6-5-14(11-16(17)27)12-30-21(32)18(24)19(25)22(30)33/h5-6,11,15,21,32H,3-4,7-10,12,27H2,1-2H3/t15-,21?/m0/s1. The van der Waals surface area contributed by atoms with Crippen molar-refractivity contribution in [2.45, 2.75) is 45.2 Å². The molecule has 0 radical (unpaired) electrons. The van der Waals surface area contributed by atoms with Crippen molar-refractivity contribution in [1.82, 2.24) is 9.80 Å². The zero-order valence-electron chi connectivity index (χ0n) is 18.8. The minimum absolute atomic E-state index is 0.0497. The molecule has 33 heavy (non-hydrogen) atoms. The topological polar surface area (TPSA) is 114 Å². The monoisotopic (exact) mass is 491 g/mol. The van der Waals surface area contributed by atoms with Crippen LogP contribution in [0.5, 0.6) is 0 Å². The van der Waals surface area contributed by atoms with Gasteiger partial charge in [-0.3, -0.25) is 9.59 Å². The largest absolute Gasteiger partial charge is 0.397 e. The van der Waals surface area contributed by atoms with Crippen LogP contribution in [0.3, 0.4) is 0 Å². The van der Waals surface area contributed by atoms with Gasteiger partial charge < -0.3 is 25.5 Å². The normalized spacial score (nSPS) is 19.7. The molecule has 1 fully saturated rings. The minimum atomic E-state index is -1.27. The van der Waals surface area contributed by atoms with E-state index in [2.05, 4.69) is 10.9 Å². The van der Waals surface area contributed by atoms with E-state index in [1.807, 2.05) is 30.9 Å². The predicted molar refractivity (Wildman–Crippen MR) is 131 cm³/mol. The van der Waals surface area contributed by atoms with Crippen molar-refractivity contribution in [3.05, 3.63) is 33.8 Å². The van der Waals surface area contributed by atoms with Gasteiger partial charge in [0.15, 0.2) is 6.23 Å². The minimum Gasteiger partial charge on any atom is -0.397 e. The summed E-state index contributed by atoms with van der Waals surface area (Å²) < 4.78 is 0. The van der Waals surface area contributed by atoms with Gasteiger partial charge in [-0.1, -0.05) is 49.4 Å². The predicted octanol–water partition coefficient (Wildman–Crippen LogP) is 2.62. The maximum Gasteiger partial charge on any atom is 0.280 e. The lowest BCUT2D eigenvalue weighted by molar-refractivity contribution is -0.132. The molecule has 1 saturated heterocycles. The number of aliphatic hydroxyl groups excluding tert-OH is 1. The number of anilines is 2. The third-order valence-electron chi connectivity index (χ3n) is 6.41. The van der Waals surface area contributed by atoms with Crippen LogP contribution < -0.4 is 10.6 Å². The number of aliphatic hydroxyl groups is 1. The SMILES string of the molecule is CCB(C#N)[C@@H](CC)C(=O)N1CCN(c2ccc(CN3C(=O)C(Cl)=C(Cl)C3O)cc2N)CC1. The highest BCUT2D eigenvalue weighted by atomic mass is 35.5. The average molecular weight is 492 g/mol. The van der Waals surface area contributed by atoms with Gasteiger partial charge in [0, 0.05) is 44.5 Å². The number of hydrogen-bond acceptors (Lipinski definition) is 6. The maximum absolute atomic E-state index is 13.0. The quantitative estimate of drug-likeness (QED) is 0.447. The molecular formula is C22H28BCl2N5O3. The number of carbonyl (C=O) groups excluding carboxylic acids is 2. The zero-order chi connectivity index (χ0) is 24.3. The fourth-order valence-electron chi connectivity index (χ4n) is 4.43. The summed E-state index contributed by atoms with van der Waals surface area (Å²) >= 11 is 11.7. The Kier molecular flexibility index (Phi) is 8.16. The van der Waals surface area contributed by atoms with Crippen LogP contribution >= 0.6 is 23.2 Å². The molecule has 1 aromatic rings. The second-order valence-corrected chi connectivity index (χ2v) is 9.12. The molecule has 1 unspecified atom stereocenters. The van der Waals surface area contributed by atoms with Crippen LogP contribution in [0.4, 0.5) is 11.4 Å². The van der Waals surface area contributed by atoms with Crippen LogP contribution in [-0.4, -0.2) is 65.8 Å². The number of nitriles is 1. The van der Waals surface area contributed by atoms with Crippen LogP contribution in [0, 0.1) is 11.2 Å². The van der Waals surface area contributed by atoms with Gasteiger partial charge in [0.05, 0.1) is 16.4 Å². The molecule has 0 spiro atoms. The number of nitrogens with zero attached hydrogens (tertiary/aromatic N) is 4. The molecule has 0 aliphatic carbocycles. The first kappa shape index (κ1) is 25.2. The Morgan fingerprint density at radius 3 is 2.45 bits per heavy atom. The highest BCUT2D eigenvalue weighted by molar-refractivity contribution is 6.71. The number of carbonyl (C=O) groups is 2. The summed E-state index contributed by atoms with van der Waals surface area (Å²) in [4.78, 5) is 30.3. The lowest BCUT2D eigenvalue weighted by atomic mass is 9.39. The summed E-state index contributed by atoms with van der Waals surface area (Å²) in [6.07, 6.45) is 0.0520. The molecule has 3 rings (SSSR count). The molecular weight excluding hydrogens is 464 g/mol. The number of nitrogens with two attached hydrogens (primary N) is 1. The van der Waals surface area contributed by atoms with E-state index < -0.39 is 12.1 Å². The van der Waals surface area contributed by atoms with E-state index in [-0.39, 0.29) is 35.0 Å². The molecule has 2 atom stereocenters. The number of nitrogen functional groups attached to an aromatic ring is 1. The van der Waals surface area contributed by atoms with E-state index in [0.29, 0.717) is 44.6 Å². The number of halogens is 2. The molecule has 8 nitrogen and oxygen atoms in total. The third-order valence-corrected chi connectivity index (χ3v) is 7.25. The van der Waals surface area contributed by atoms with Gasteiger partial charge >= 0.3 is 0 Å². The van der Waals surface area contributed by atoms with E-state index in [4.69, 9.17) is 28.9 Å². The number of hydrogen-bond donors (Lipinski definition) is 2. The molecule has 2 heterocycles. The molecule has 176 valence electrons. The molecule has 0 saturated carbocycles. The summed E-state index contributed by atoms with van der Waals surface area (Å²) in [7, 11) is 0. The van der Waals surface area contributed by atoms with Gasteiger partial charge in [-0.15, -0.1) is 0 Å². The molecule has 0 aromatic heterocycles. The Morgan fingerprint density at radius 1 is 1.30 bits per heavy atom. The van der Waals surface area contributed by atoms with Crippen LogP contribution in [0.1, 0.15) is 25.8 Å². The van der Waals surface area contributed by atoms with Gasteiger partial charge in [0.2, 0.25) is 5.91 Å². The summed E-state index contributed by atoms with van der Waals surface area (Å²) in [6, 6.07) is 5.48. The smallest absolute Gasteiger partial charge is 0.280 e. The van der Waals surface area contributed by atoms with Crippen LogP contribution in [0.15, 0.2) is 28.3 Å². The lowest BCUT2D eigenvalue weighted by Crippen LogP contribution is -2.51. The first-order chi connectivity index (χ1) is 15.7. The summed E-state index contributed by atoms with van der Waals surface area (Å²) in [5.41, 5.74) is 8.43. The van der Waals surface area contributed by atoms with Crippen molar-refractivity contribution in [2.24, 2.45) is 0 Å². The van der Waals surface area contributed by atoms with Gasteiger partial charge in [-0.25, -0.2) is 5.26 Å². The Hall–Kier alpha value is -2.41. The van der Waals surface area contributed by atoms with E-state index in [1.165, 1.54) is 4.90 Å². The van der Waals surface area contributed by atoms with E-state index >= 15 is 0 Å². The average Bonchev–Trinajstić information content (AvgIpc) is 3.00. The molecule has 2 amide bonds. The summed E-state index contributed by atoms with van der Waals surface area (Å²) in [5.74, 6) is 1.53. The van der Waals surface area contributed by atoms with Gasteiger partial charge in [-0.2, -0.15) is 0 Å². The highest BCUT2D eigenvalue weighted by Gasteiger charge is 2.37. The van der Waals surface area contributed by atoms with Crippen molar-refractivity contribution in [3.63, 3.8) is 0 Å². The second-order valence-electron chi connectivity index (χ2n) is 8.33. The van der Waals surface area contributed by atoms with Gasteiger partial charge in [-0.05, 0) is 24.1 Å². The second kappa shape index (κ2) is 10.7. The first-order valence-electron chi connectivity index (χ1n) is 11.1. The van der Waals surface area contributed by atoms with Crippen molar-refractivity contribution in [3.8, 4) is 5.97 Å². The highest BCUT2D eigenvalue weighted by Crippen LogP contribution is 2.33. The van der Waals surface area contributed by atoms with Gasteiger partial charge in [0.1, 0.15) is 5.03 Å². The number of piperazine rings is 1. The van der Waals surface area contributed by atoms with Crippen molar-refractivity contribution >= 4 is 53.1 Å². The lowest BCUT2D eigenvalue weighted by Gasteiger charge is -2.38. The summed E-state index contributed by atoms with van der Waals surface area (Å²) in [5, 5.41) is 19.2. The van der Waals surface area contributed by atoms with Crippen LogP contribution in [0.2, 0.25) is 12.1 Å². The molecule has 1 aromatic carbocycles. The molecule has 11 heteroatoms. The molecule has 2 aliphatic rings. The summed E-state index contributed by atoms with van der Waals surface area (Å²) in [6.45, 7) is 6.15. The van der Waals surface area contributed by atoms with Crippen molar-refractivity contribution in [2.75, 3.05) is 36.8 Å².